The van der Waals surface area contributed by atoms with E-state index >= 15 is 0 Å². The van der Waals surface area contributed by atoms with Crippen LogP contribution in [0.15, 0.2) is 0 Å². The molecule has 0 rings (SSSR count). The molecule has 1 atom stereocenters. The first kappa shape index (κ1) is 15.7. The first-order valence-electron chi connectivity index (χ1n) is 1.63. The molecule has 0 aliphatic carbocycles. The Morgan fingerprint density at radius 1 is 1.75 bits per heavy atom. The van der Waals surface area contributed by atoms with E-state index in [4.69, 9.17) is 10.8 Å². The van der Waals surface area contributed by atoms with Crippen LogP contribution in [0.25, 0.3) is 0 Å². The maximum atomic E-state index is 9.57. The van der Waals surface area contributed by atoms with E-state index < -0.39 is 12.0 Å². The van der Waals surface area contributed by atoms with Gasteiger partial charge in [-0.25, -0.2) is 0 Å². The summed E-state index contributed by atoms with van der Waals surface area (Å²) in [6.45, 7) is 1.42. The zero-order valence-electron chi connectivity index (χ0n) is 4.92. The molecule has 0 fully saturated rings. The molecule has 6 N–H and O–H groups in total. The molecule has 0 spiro atoms. The molecular weight excluding hydrogens is 161 g/mol. The second-order valence-electron chi connectivity index (χ2n) is 1.13. The van der Waals surface area contributed by atoms with Crippen LogP contribution in [0.3, 0.4) is 0 Å². The summed E-state index contributed by atoms with van der Waals surface area (Å²) >= 11 is 0. The molecule has 4 nitrogen and oxygen atoms in total. The second-order valence-corrected chi connectivity index (χ2v) is 1.13. The first-order chi connectivity index (χ1) is 2.64. The summed E-state index contributed by atoms with van der Waals surface area (Å²) in [5.74, 6) is -0.963. The number of carboxylic acid groups (broad SMARTS) is 1. The van der Waals surface area contributed by atoms with E-state index in [-0.39, 0.29) is 25.6 Å². The van der Waals surface area contributed by atoms with Crippen molar-refractivity contribution in [1.82, 2.24) is 6.15 Å². The number of nitrogens with two attached hydrogens (primary N) is 1. The third-order valence-electron chi connectivity index (χ3n) is 0.390. The normalized spacial score (nSPS) is 10.2. The van der Waals surface area contributed by atoms with Crippen LogP contribution in [0.5, 0.6) is 0 Å². The molecule has 0 unspecified atom stereocenters. The minimum Gasteiger partial charge on any atom is -0.480 e. The molecule has 0 aliphatic heterocycles. The van der Waals surface area contributed by atoms with Crippen LogP contribution in [0.2, 0.25) is 0 Å². The van der Waals surface area contributed by atoms with Gasteiger partial charge in [0.1, 0.15) is 6.04 Å². The fourth-order valence-electron chi connectivity index (χ4n) is 0. The van der Waals surface area contributed by atoms with E-state index in [1.54, 1.807) is 0 Å². The van der Waals surface area contributed by atoms with Gasteiger partial charge in [0.2, 0.25) is 0 Å². The van der Waals surface area contributed by atoms with Gasteiger partial charge in [0.05, 0.1) is 0 Å². The van der Waals surface area contributed by atoms with Crippen molar-refractivity contribution in [3.8, 4) is 0 Å². The Balaban J connectivity index is -0.000000125. The van der Waals surface area contributed by atoms with Crippen molar-refractivity contribution in [3.63, 3.8) is 0 Å². The number of hydrogen-bond donors (Lipinski definition) is 3. The number of rotatable bonds is 1. The monoisotopic (exact) mass is 170 g/mol. The van der Waals surface area contributed by atoms with E-state index in [0.717, 1.165) is 0 Å². The Kier molecular flexibility index (Phi) is 13.7. The van der Waals surface area contributed by atoms with Gasteiger partial charge in [-0.1, -0.05) is 0 Å². The van der Waals surface area contributed by atoms with E-state index in [1.807, 2.05) is 0 Å². The minimum atomic E-state index is -0.963. The van der Waals surface area contributed by atoms with Gasteiger partial charge in [-0.05, 0) is 6.92 Å². The second kappa shape index (κ2) is 7.01. The van der Waals surface area contributed by atoms with Crippen molar-refractivity contribution in [1.29, 1.82) is 0 Å². The molecule has 46 valence electrons. The Labute approximate surface area is 60.8 Å². The third kappa shape index (κ3) is 9.38. The molecule has 0 saturated heterocycles. The smallest absolute Gasteiger partial charge is 0.320 e. The summed E-state index contributed by atoms with van der Waals surface area (Å²) in [5.41, 5.74) is 4.84. The minimum absolute atomic E-state index is 0. The maximum absolute atomic E-state index is 9.57. The van der Waals surface area contributed by atoms with Crippen LogP contribution in [0.1, 0.15) is 6.92 Å². The summed E-state index contributed by atoms with van der Waals surface area (Å²) in [4.78, 5) is 9.57. The average Bonchev–Trinajstić information content (AvgIpc) is 1.36. The molecule has 0 bridgehead atoms. The van der Waals surface area contributed by atoms with Gasteiger partial charge in [-0.2, -0.15) is 0 Å². The molecule has 0 heterocycles. The van der Waals surface area contributed by atoms with Crippen LogP contribution in [-0.2, 0) is 24.3 Å². The Hall–Kier alpha value is 0.0134. The average molecular weight is 172 g/mol. The Morgan fingerprint density at radius 2 is 1.88 bits per heavy atom. The fourth-order valence-corrected chi connectivity index (χ4v) is 0. The Morgan fingerprint density at radius 3 is 1.88 bits per heavy atom. The molecule has 0 radical (unpaired) electrons. The largest absolute Gasteiger partial charge is 0.480 e. The van der Waals surface area contributed by atoms with Crippen molar-refractivity contribution in [3.05, 3.63) is 0 Å². The van der Waals surface area contributed by atoms with Gasteiger partial charge < -0.3 is 17.0 Å². The number of carboxylic acids is 1. The standard InChI is InChI=1S/C3H7NO2.H3N.Zn/c1-2(4)3(5)6;;/h2H,4H2,1H3,(H,5,6);1H3;/t2-;;/m0../s1. The van der Waals surface area contributed by atoms with Gasteiger partial charge in [0.15, 0.2) is 0 Å². The molecule has 0 amide bonds. The summed E-state index contributed by atoms with van der Waals surface area (Å²) < 4.78 is 0. The SMILES string of the molecule is C[C@H](N)C(=O)O.N.[Zn]. The zero-order valence-corrected chi connectivity index (χ0v) is 7.89. The van der Waals surface area contributed by atoms with Crippen LogP contribution in [0, 0.1) is 0 Å². The van der Waals surface area contributed by atoms with Crippen molar-refractivity contribution in [2.45, 2.75) is 13.0 Å². The van der Waals surface area contributed by atoms with Gasteiger partial charge in [0, 0.05) is 19.5 Å². The third-order valence-corrected chi connectivity index (χ3v) is 0.390. The van der Waals surface area contributed by atoms with Gasteiger partial charge in [0.25, 0.3) is 0 Å². The summed E-state index contributed by atoms with van der Waals surface area (Å²) in [6.07, 6.45) is 0. The molecule has 8 heavy (non-hydrogen) atoms. The molecule has 0 aromatic rings. The summed E-state index contributed by atoms with van der Waals surface area (Å²) in [7, 11) is 0. The van der Waals surface area contributed by atoms with Crippen LogP contribution in [0.4, 0.5) is 0 Å². The molecule has 5 heteroatoms. The van der Waals surface area contributed by atoms with Gasteiger partial charge in [-0.15, -0.1) is 0 Å². The molecule has 0 aromatic heterocycles. The van der Waals surface area contributed by atoms with Crippen molar-refractivity contribution in [2.24, 2.45) is 5.73 Å². The van der Waals surface area contributed by atoms with Crippen molar-refractivity contribution < 1.29 is 29.4 Å². The van der Waals surface area contributed by atoms with E-state index in [0.29, 0.717) is 0 Å². The van der Waals surface area contributed by atoms with Crippen LogP contribution >= 0.6 is 0 Å². The quantitative estimate of drug-likeness (QED) is 0.467. The van der Waals surface area contributed by atoms with Gasteiger partial charge in [-0.3, -0.25) is 4.79 Å². The van der Waals surface area contributed by atoms with Crippen molar-refractivity contribution >= 4 is 5.97 Å². The summed E-state index contributed by atoms with van der Waals surface area (Å²) in [6, 6.07) is -0.731. The van der Waals surface area contributed by atoms with Crippen LogP contribution in [-0.4, -0.2) is 17.1 Å². The van der Waals surface area contributed by atoms with Crippen molar-refractivity contribution in [2.75, 3.05) is 0 Å². The topological polar surface area (TPSA) is 98.3 Å². The van der Waals surface area contributed by atoms with Crippen LogP contribution < -0.4 is 11.9 Å². The number of hydrogen-bond acceptors (Lipinski definition) is 3. The summed E-state index contributed by atoms with van der Waals surface area (Å²) in [5, 5.41) is 7.87. The molecular formula is C3H10N2O2Zn. The molecule has 0 aliphatic rings. The van der Waals surface area contributed by atoms with E-state index in [1.165, 1.54) is 6.92 Å². The molecule has 0 saturated carbocycles. The van der Waals surface area contributed by atoms with E-state index in [2.05, 4.69) is 0 Å². The fraction of sp³-hybridized carbons (Fsp3) is 0.667. The zero-order chi connectivity index (χ0) is 5.15. The first-order valence-corrected chi connectivity index (χ1v) is 1.63. The predicted octanol–water partition coefficient (Wildman–Crippen LogP) is -0.422. The molecule has 0 aromatic carbocycles. The predicted molar refractivity (Wildman–Crippen MR) is 26.3 cm³/mol. The Bertz CT molecular complexity index is 66.3. The van der Waals surface area contributed by atoms with E-state index in [9.17, 15) is 4.79 Å². The van der Waals surface area contributed by atoms with Gasteiger partial charge >= 0.3 is 5.97 Å². The number of carbonyl (C=O) groups is 1. The maximum Gasteiger partial charge on any atom is 0.320 e. The number of aliphatic carboxylic acids is 1.